The van der Waals surface area contributed by atoms with Crippen molar-refractivity contribution in [3.8, 4) is 0 Å². The summed E-state index contributed by atoms with van der Waals surface area (Å²) in [4.78, 5) is 12.4. The normalized spacial score (nSPS) is 14.1. The van der Waals surface area contributed by atoms with E-state index in [1.54, 1.807) is 13.8 Å². The van der Waals surface area contributed by atoms with Crippen LogP contribution in [0.25, 0.3) is 0 Å². The number of carbonyl (C=O) groups excluding carboxylic acids is 1. The first-order valence-corrected chi connectivity index (χ1v) is 9.09. The first kappa shape index (κ1) is 19.4. The predicted molar refractivity (Wildman–Crippen MR) is 87.3 cm³/mol. The third-order valence-corrected chi connectivity index (χ3v) is 4.40. The van der Waals surface area contributed by atoms with Gasteiger partial charge in [-0.1, -0.05) is 6.92 Å². The molecule has 130 valence electrons. The summed E-state index contributed by atoms with van der Waals surface area (Å²) in [6.07, 6.45) is 1.29. The molecule has 0 aliphatic rings. The van der Waals surface area contributed by atoms with E-state index in [2.05, 4.69) is 5.32 Å². The van der Waals surface area contributed by atoms with Gasteiger partial charge in [0.2, 0.25) is 15.9 Å². The molecule has 0 heterocycles. The Bertz CT molecular complexity index is 619. The second kappa shape index (κ2) is 8.26. The van der Waals surface area contributed by atoms with E-state index in [1.807, 2.05) is 0 Å². The number of methoxy groups -OCH3 is 1. The van der Waals surface area contributed by atoms with Crippen molar-refractivity contribution in [2.24, 2.45) is 0 Å². The van der Waals surface area contributed by atoms with Gasteiger partial charge < -0.3 is 10.1 Å². The molecule has 0 bridgehead atoms. The summed E-state index contributed by atoms with van der Waals surface area (Å²) in [6, 6.07) is 3.82. The van der Waals surface area contributed by atoms with Crippen molar-refractivity contribution < 1.29 is 22.3 Å². The predicted octanol–water partition coefficient (Wildman–Crippen LogP) is 1.52. The minimum atomic E-state index is -3.72. The molecule has 1 aromatic rings. The molecule has 2 unspecified atom stereocenters. The van der Waals surface area contributed by atoms with Crippen LogP contribution in [0.1, 0.15) is 20.3 Å². The Morgan fingerprint density at radius 2 is 1.91 bits per heavy atom. The van der Waals surface area contributed by atoms with Crippen LogP contribution >= 0.6 is 0 Å². The smallest absolute Gasteiger partial charge is 0.244 e. The van der Waals surface area contributed by atoms with Crippen molar-refractivity contribution in [2.75, 3.05) is 24.3 Å². The largest absolute Gasteiger partial charge is 0.383 e. The molecule has 0 fully saturated rings. The summed E-state index contributed by atoms with van der Waals surface area (Å²) < 4.78 is 43.4. The minimum Gasteiger partial charge on any atom is -0.383 e. The van der Waals surface area contributed by atoms with Gasteiger partial charge in [-0.05, 0) is 37.6 Å². The standard InChI is InChI=1S/C15H23FN2O4S/c1-5-14(15(19)17-11(2)10-22-3)18(23(4,20)21)13-8-6-12(16)7-9-13/h6-9,11,14H,5,10H2,1-4H3,(H,17,19). The molecule has 0 aliphatic heterocycles. The van der Waals surface area contributed by atoms with Gasteiger partial charge in [0.05, 0.1) is 18.6 Å². The lowest BCUT2D eigenvalue weighted by Crippen LogP contribution is -2.51. The fraction of sp³-hybridized carbons (Fsp3) is 0.533. The fourth-order valence-electron chi connectivity index (χ4n) is 2.28. The van der Waals surface area contributed by atoms with Crippen LogP contribution in [-0.2, 0) is 19.6 Å². The SMILES string of the molecule is CCC(C(=O)NC(C)COC)N(c1ccc(F)cc1)S(C)(=O)=O. The van der Waals surface area contributed by atoms with Crippen molar-refractivity contribution in [2.45, 2.75) is 32.4 Å². The molecule has 8 heteroatoms. The summed E-state index contributed by atoms with van der Waals surface area (Å²) in [5, 5.41) is 2.72. The van der Waals surface area contributed by atoms with E-state index in [0.29, 0.717) is 6.61 Å². The average Bonchev–Trinajstić information content (AvgIpc) is 2.44. The lowest BCUT2D eigenvalue weighted by molar-refractivity contribution is -0.123. The van der Waals surface area contributed by atoms with Crippen LogP contribution in [0.3, 0.4) is 0 Å². The summed E-state index contributed by atoms with van der Waals surface area (Å²) in [5.74, 6) is -0.903. The van der Waals surface area contributed by atoms with Gasteiger partial charge in [-0.3, -0.25) is 9.10 Å². The number of sulfonamides is 1. The lowest BCUT2D eigenvalue weighted by Gasteiger charge is -2.31. The number of amides is 1. The molecular weight excluding hydrogens is 323 g/mol. The van der Waals surface area contributed by atoms with E-state index >= 15 is 0 Å². The number of ether oxygens (including phenoxy) is 1. The maximum absolute atomic E-state index is 13.1. The third kappa shape index (κ3) is 5.47. The van der Waals surface area contributed by atoms with E-state index in [-0.39, 0.29) is 18.2 Å². The van der Waals surface area contributed by atoms with Crippen LogP contribution in [0.5, 0.6) is 0 Å². The summed E-state index contributed by atoms with van der Waals surface area (Å²) in [7, 11) is -2.20. The van der Waals surface area contributed by atoms with E-state index in [9.17, 15) is 17.6 Å². The number of carbonyl (C=O) groups is 1. The maximum Gasteiger partial charge on any atom is 0.244 e. The summed E-state index contributed by atoms with van der Waals surface area (Å²) in [6.45, 7) is 3.79. The second-order valence-corrected chi connectivity index (χ2v) is 7.18. The number of halogens is 1. The van der Waals surface area contributed by atoms with Gasteiger partial charge in [0.25, 0.3) is 0 Å². The molecule has 2 atom stereocenters. The monoisotopic (exact) mass is 346 g/mol. The Balaban J connectivity index is 3.13. The Morgan fingerprint density at radius 1 is 1.35 bits per heavy atom. The molecule has 0 aromatic heterocycles. The molecule has 1 rings (SSSR count). The van der Waals surface area contributed by atoms with Crippen molar-refractivity contribution in [3.05, 3.63) is 30.1 Å². The molecule has 1 aromatic carbocycles. The van der Waals surface area contributed by atoms with Gasteiger partial charge in [-0.25, -0.2) is 12.8 Å². The maximum atomic E-state index is 13.1. The highest BCUT2D eigenvalue weighted by Crippen LogP contribution is 2.22. The Hall–Kier alpha value is -1.67. The molecule has 0 saturated carbocycles. The lowest BCUT2D eigenvalue weighted by atomic mass is 10.1. The molecular formula is C15H23FN2O4S. The molecule has 0 aliphatic carbocycles. The fourth-order valence-corrected chi connectivity index (χ4v) is 3.49. The van der Waals surface area contributed by atoms with E-state index in [4.69, 9.17) is 4.74 Å². The third-order valence-electron chi connectivity index (χ3n) is 3.22. The number of anilines is 1. The molecule has 1 amide bonds. The average molecular weight is 346 g/mol. The highest BCUT2D eigenvalue weighted by atomic mass is 32.2. The molecule has 0 spiro atoms. The van der Waals surface area contributed by atoms with Gasteiger partial charge in [-0.2, -0.15) is 0 Å². The Morgan fingerprint density at radius 3 is 2.35 bits per heavy atom. The van der Waals surface area contributed by atoms with Crippen molar-refractivity contribution in [3.63, 3.8) is 0 Å². The molecule has 23 heavy (non-hydrogen) atoms. The molecule has 0 saturated heterocycles. The first-order valence-electron chi connectivity index (χ1n) is 7.25. The van der Waals surface area contributed by atoms with Crippen LogP contribution in [0.15, 0.2) is 24.3 Å². The van der Waals surface area contributed by atoms with Crippen LogP contribution in [0.2, 0.25) is 0 Å². The van der Waals surface area contributed by atoms with Crippen LogP contribution in [0, 0.1) is 5.82 Å². The van der Waals surface area contributed by atoms with Crippen molar-refractivity contribution >= 4 is 21.6 Å². The van der Waals surface area contributed by atoms with Gasteiger partial charge in [0.15, 0.2) is 0 Å². The van der Waals surface area contributed by atoms with Gasteiger partial charge >= 0.3 is 0 Å². The zero-order valence-electron chi connectivity index (χ0n) is 13.7. The number of nitrogens with one attached hydrogen (secondary N) is 1. The zero-order chi connectivity index (χ0) is 17.6. The van der Waals surface area contributed by atoms with Gasteiger partial charge in [-0.15, -0.1) is 0 Å². The zero-order valence-corrected chi connectivity index (χ0v) is 14.6. The molecule has 1 N–H and O–H groups in total. The van der Waals surface area contributed by atoms with E-state index < -0.39 is 27.8 Å². The van der Waals surface area contributed by atoms with E-state index in [1.165, 1.54) is 19.2 Å². The Labute approximate surface area is 136 Å². The topological polar surface area (TPSA) is 75.7 Å². The van der Waals surface area contributed by atoms with Crippen molar-refractivity contribution in [1.82, 2.24) is 5.32 Å². The number of nitrogens with zero attached hydrogens (tertiary/aromatic N) is 1. The highest BCUT2D eigenvalue weighted by Gasteiger charge is 2.31. The number of hydrogen-bond acceptors (Lipinski definition) is 4. The molecule has 6 nitrogen and oxygen atoms in total. The number of benzene rings is 1. The van der Waals surface area contributed by atoms with Crippen molar-refractivity contribution in [1.29, 1.82) is 0 Å². The summed E-state index contributed by atoms with van der Waals surface area (Å²) in [5.41, 5.74) is 0.246. The van der Waals surface area contributed by atoms with Gasteiger partial charge in [0.1, 0.15) is 11.9 Å². The highest BCUT2D eigenvalue weighted by molar-refractivity contribution is 7.92. The first-order chi connectivity index (χ1) is 10.7. The van der Waals surface area contributed by atoms with Crippen LogP contribution in [-0.4, -0.2) is 46.4 Å². The molecule has 0 radical (unpaired) electrons. The van der Waals surface area contributed by atoms with Gasteiger partial charge in [0, 0.05) is 13.2 Å². The number of rotatable bonds is 8. The summed E-state index contributed by atoms with van der Waals surface area (Å²) >= 11 is 0. The second-order valence-electron chi connectivity index (χ2n) is 5.32. The quantitative estimate of drug-likeness (QED) is 0.774. The minimum absolute atomic E-state index is 0.246. The van der Waals surface area contributed by atoms with Crippen LogP contribution in [0.4, 0.5) is 10.1 Å². The Kier molecular flexibility index (Phi) is 6.96. The van der Waals surface area contributed by atoms with E-state index in [0.717, 1.165) is 22.7 Å². The van der Waals surface area contributed by atoms with Crippen LogP contribution < -0.4 is 9.62 Å². The number of hydrogen-bond donors (Lipinski definition) is 1.